The number of hydrogen-bond donors (Lipinski definition) is 1. The number of carbonyl (C=O) groups is 1. The van der Waals surface area contributed by atoms with Gasteiger partial charge in [-0.05, 0) is 33.6 Å². The van der Waals surface area contributed by atoms with E-state index in [1.165, 1.54) is 10.9 Å². The molecule has 0 saturated carbocycles. The number of rotatable bonds is 3. The summed E-state index contributed by atoms with van der Waals surface area (Å²) in [6, 6.07) is 5.04. The van der Waals surface area contributed by atoms with Gasteiger partial charge in [-0.3, -0.25) is 9.48 Å². The van der Waals surface area contributed by atoms with Crippen molar-refractivity contribution in [2.45, 2.75) is 0 Å². The highest BCUT2D eigenvalue weighted by molar-refractivity contribution is 9.10. The van der Waals surface area contributed by atoms with Crippen LogP contribution in [0.1, 0.15) is 16.1 Å². The lowest BCUT2D eigenvalue weighted by Crippen LogP contribution is -2.18. The fraction of sp³-hybridized carbons (Fsp3) is 0.0833. The third-order valence-electron chi connectivity index (χ3n) is 2.32. The second-order valence-electron chi connectivity index (χ2n) is 3.87. The molecule has 0 aliphatic rings. The number of aryl methyl sites for hydroxylation is 1. The molecule has 0 aliphatic carbocycles. The zero-order valence-corrected chi connectivity index (χ0v) is 13.4. The van der Waals surface area contributed by atoms with E-state index in [9.17, 15) is 4.79 Å². The molecule has 8 heteroatoms. The van der Waals surface area contributed by atoms with Gasteiger partial charge in [0.2, 0.25) is 0 Å². The van der Waals surface area contributed by atoms with Gasteiger partial charge in [-0.1, -0.05) is 29.3 Å². The molecular formula is C12H9BrCl2N4O. The van der Waals surface area contributed by atoms with Crippen LogP contribution in [-0.4, -0.2) is 21.9 Å². The minimum absolute atomic E-state index is 0.263. The summed E-state index contributed by atoms with van der Waals surface area (Å²) in [6.07, 6.45) is 3.15. The maximum Gasteiger partial charge on any atom is 0.293 e. The standard InChI is InChI=1S/C12H9BrCl2N4O/c1-19-6-8(13)11(18-19)12(20)17-16-5-7-2-3-9(14)10(15)4-7/h2-6H,1H3,(H,17,20)/b16-5-. The van der Waals surface area contributed by atoms with Gasteiger partial charge in [-0.25, -0.2) is 5.43 Å². The Morgan fingerprint density at radius 1 is 1.45 bits per heavy atom. The fourth-order valence-corrected chi connectivity index (χ4v) is 2.29. The van der Waals surface area contributed by atoms with Crippen LogP contribution in [0.3, 0.4) is 0 Å². The molecule has 0 fully saturated rings. The number of hydrazone groups is 1. The van der Waals surface area contributed by atoms with Crippen LogP contribution in [-0.2, 0) is 7.05 Å². The Labute approximate surface area is 133 Å². The molecule has 2 rings (SSSR count). The molecule has 1 amide bonds. The third-order valence-corrected chi connectivity index (χ3v) is 3.64. The van der Waals surface area contributed by atoms with Crippen molar-refractivity contribution in [1.29, 1.82) is 0 Å². The van der Waals surface area contributed by atoms with Gasteiger partial charge in [-0.2, -0.15) is 10.2 Å². The molecule has 1 N–H and O–H groups in total. The monoisotopic (exact) mass is 374 g/mol. The van der Waals surface area contributed by atoms with Gasteiger partial charge in [0.15, 0.2) is 5.69 Å². The van der Waals surface area contributed by atoms with Crippen LogP contribution in [0.4, 0.5) is 0 Å². The average Bonchev–Trinajstić information content (AvgIpc) is 2.73. The number of benzene rings is 1. The Morgan fingerprint density at radius 3 is 2.80 bits per heavy atom. The zero-order valence-electron chi connectivity index (χ0n) is 10.3. The topological polar surface area (TPSA) is 59.3 Å². The number of carbonyl (C=O) groups excluding carboxylic acids is 1. The molecule has 0 atom stereocenters. The van der Waals surface area contributed by atoms with Crippen LogP contribution in [0.2, 0.25) is 10.0 Å². The van der Waals surface area contributed by atoms with Crippen LogP contribution in [0.5, 0.6) is 0 Å². The van der Waals surface area contributed by atoms with Crippen LogP contribution in [0, 0.1) is 0 Å². The van der Waals surface area contributed by atoms with Crippen molar-refractivity contribution in [3.05, 3.63) is 50.2 Å². The van der Waals surface area contributed by atoms with Gasteiger partial charge in [-0.15, -0.1) is 0 Å². The summed E-state index contributed by atoms with van der Waals surface area (Å²) in [5, 5.41) is 8.74. The number of nitrogens with one attached hydrogen (secondary N) is 1. The highest BCUT2D eigenvalue weighted by atomic mass is 79.9. The molecule has 2 aromatic rings. The SMILES string of the molecule is Cn1cc(Br)c(C(=O)N/N=C\c2ccc(Cl)c(Cl)c2)n1. The fourth-order valence-electron chi connectivity index (χ4n) is 1.42. The Bertz CT molecular complexity index is 684. The first kappa shape index (κ1) is 15.0. The van der Waals surface area contributed by atoms with E-state index in [4.69, 9.17) is 23.2 Å². The molecule has 0 saturated heterocycles. The van der Waals surface area contributed by atoms with E-state index >= 15 is 0 Å². The molecule has 0 spiro atoms. The van der Waals surface area contributed by atoms with Crippen LogP contribution < -0.4 is 5.43 Å². The second kappa shape index (κ2) is 6.39. The number of halogens is 3. The van der Waals surface area contributed by atoms with E-state index in [1.807, 2.05) is 0 Å². The lowest BCUT2D eigenvalue weighted by atomic mass is 10.2. The molecule has 20 heavy (non-hydrogen) atoms. The van der Waals surface area contributed by atoms with E-state index in [0.29, 0.717) is 14.5 Å². The van der Waals surface area contributed by atoms with E-state index in [-0.39, 0.29) is 5.69 Å². The Kier molecular flexibility index (Phi) is 4.80. The van der Waals surface area contributed by atoms with Crippen LogP contribution in [0.25, 0.3) is 0 Å². The predicted molar refractivity (Wildman–Crippen MR) is 82.4 cm³/mol. The molecule has 1 aromatic carbocycles. The first-order valence-electron chi connectivity index (χ1n) is 5.45. The van der Waals surface area contributed by atoms with Gasteiger partial charge in [0.05, 0.1) is 20.7 Å². The zero-order chi connectivity index (χ0) is 14.7. The number of nitrogens with zero attached hydrogens (tertiary/aromatic N) is 3. The van der Waals surface area contributed by atoms with Gasteiger partial charge in [0, 0.05) is 13.2 Å². The summed E-state index contributed by atoms with van der Waals surface area (Å²) in [5.41, 5.74) is 3.37. The lowest BCUT2D eigenvalue weighted by molar-refractivity contribution is 0.0948. The summed E-state index contributed by atoms with van der Waals surface area (Å²) in [4.78, 5) is 11.8. The Morgan fingerprint density at radius 2 is 2.20 bits per heavy atom. The Hall–Kier alpha value is -1.37. The van der Waals surface area contributed by atoms with Crippen molar-refractivity contribution in [3.8, 4) is 0 Å². The third kappa shape index (κ3) is 3.59. The minimum Gasteiger partial charge on any atom is -0.274 e. The molecule has 0 unspecified atom stereocenters. The number of amides is 1. The molecule has 104 valence electrons. The second-order valence-corrected chi connectivity index (χ2v) is 5.54. The average molecular weight is 376 g/mol. The first-order chi connectivity index (χ1) is 9.47. The number of hydrogen-bond acceptors (Lipinski definition) is 3. The van der Waals surface area contributed by atoms with Crippen LogP contribution in [0.15, 0.2) is 34.0 Å². The van der Waals surface area contributed by atoms with Gasteiger partial charge in [0.25, 0.3) is 5.91 Å². The number of aromatic nitrogens is 2. The van der Waals surface area contributed by atoms with E-state index in [2.05, 4.69) is 31.6 Å². The minimum atomic E-state index is -0.409. The van der Waals surface area contributed by atoms with Gasteiger partial charge < -0.3 is 0 Å². The maximum absolute atomic E-state index is 11.8. The smallest absolute Gasteiger partial charge is 0.274 e. The summed E-state index contributed by atoms with van der Waals surface area (Å²) in [6.45, 7) is 0. The highest BCUT2D eigenvalue weighted by Gasteiger charge is 2.13. The van der Waals surface area contributed by atoms with E-state index in [1.54, 1.807) is 31.4 Å². The van der Waals surface area contributed by atoms with Crippen molar-refractivity contribution in [2.24, 2.45) is 12.1 Å². The van der Waals surface area contributed by atoms with Crippen molar-refractivity contribution in [3.63, 3.8) is 0 Å². The maximum atomic E-state index is 11.8. The summed E-state index contributed by atoms with van der Waals surface area (Å²) < 4.78 is 2.13. The van der Waals surface area contributed by atoms with E-state index in [0.717, 1.165) is 5.56 Å². The molecule has 1 heterocycles. The van der Waals surface area contributed by atoms with Gasteiger partial charge >= 0.3 is 0 Å². The van der Waals surface area contributed by atoms with Gasteiger partial charge in [0.1, 0.15) is 0 Å². The quantitative estimate of drug-likeness (QED) is 0.661. The van der Waals surface area contributed by atoms with Crippen molar-refractivity contribution in [2.75, 3.05) is 0 Å². The lowest BCUT2D eigenvalue weighted by Gasteiger charge is -1.98. The molecule has 5 nitrogen and oxygen atoms in total. The molecule has 1 aromatic heterocycles. The highest BCUT2D eigenvalue weighted by Crippen LogP contribution is 2.21. The predicted octanol–water partition coefficient (Wildman–Crippen LogP) is 3.25. The largest absolute Gasteiger partial charge is 0.293 e. The first-order valence-corrected chi connectivity index (χ1v) is 7.00. The normalized spacial score (nSPS) is 11.0. The molecule has 0 bridgehead atoms. The summed E-state index contributed by atoms with van der Waals surface area (Å²) >= 11 is 14.9. The molecule has 0 radical (unpaired) electrons. The van der Waals surface area contributed by atoms with Crippen molar-refractivity contribution in [1.82, 2.24) is 15.2 Å². The summed E-state index contributed by atoms with van der Waals surface area (Å²) in [7, 11) is 1.72. The van der Waals surface area contributed by atoms with Crippen molar-refractivity contribution >= 4 is 51.3 Å². The Balaban J connectivity index is 2.04. The summed E-state index contributed by atoms with van der Waals surface area (Å²) in [5.74, 6) is -0.409. The van der Waals surface area contributed by atoms with Crippen LogP contribution >= 0.6 is 39.1 Å². The molecule has 0 aliphatic heterocycles. The van der Waals surface area contributed by atoms with Crippen molar-refractivity contribution < 1.29 is 4.79 Å². The molecular weight excluding hydrogens is 367 g/mol. The van der Waals surface area contributed by atoms with E-state index < -0.39 is 5.91 Å².